The molecule has 1 N–H and O–H groups in total. The molecule has 35 heavy (non-hydrogen) atoms. The molecule has 1 radical (unpaired) electrons. The van der Waals surface area contributed by atoms with Gasteiger partial charge in [0.2, 0.25) is 0 Å². The minimum absolute atomic E-state index is 0. The van der Waals surface area contributed by atoms with Gasteiger partial charge in [-0.05, 0) is 60.9 Å². The molecule has 0 aromatic heterocycles. The van der Waals surface area contributed by atoms with E-state index in [4.69, 9.17) is 21.1 Å². The Hall–Kier alpha value is -1.46. The molecule has 2 aromatic carbocycles. The van der Waals surface area contributed by atoms with Crippen LogP contribution in [0.25, 0.3) is 11.1 Å². The second-order valence-corrected chi connectivity index (χ2v) is 9.41. The molecule has 183 valence electrons. The van der Waals surface area contributed by atoms with E-state index >= 15 is 0 Å². The Bertz CT molecular complexity index is 926. The summed E-state index contributed by atoms with van der Waals surface area (Å²) in [5.41, 5.74) is 1.42. The average Bonchev–Trinajstić information content (AvgIpc) is 2.84. The Kier molecular flexibility index (Phi) is 14.1. The summed E-state index contributed by atoms with van der Waals surface area (Å²) in [6, 6.07) is 12.1. The second kappa shape index (κ2) is 15.6. The number of halogens is 2. The fourth-order valence-corrected chi connectivity index (χ4v) is 4.42. The van der Waals surface area contributed by atoms with Crippen molar-refractivity contribution in [2.75, 3.05) is 13.2 Å². The standard InChI is InChI=1S/C26H29BClFO4.Li.H2O/c1-26(16-30,17-33-25-4-2-3-11-32-25)14-20(15-27-18-31)12-19-5-7-21(8-6-19)23-13-22(28)9-10-24(23)29;;/h5-10,13,18,20,25H,2-4,11-12,14-15,17H2,1H3;;1H2/q-1;+1;/p-1/t20-,25?,26-;;/m1../s1. The number of hydrogen-bond acceptors (Lipinski definition) is 5. The smallest absolute Gasteiger partial charge is 0.870 e. The summed E-state index contributed by atoms with van der Waals surface area (Å²) in [7, 11) is 1.58. The van der Waals surface area contributed by atoms with Crippen LogP contribution < -0.4 is 18.9 Å². The molecule has 0 spiro atoms. The van der Waals surface area contributed by atoms with Crippen LogP contribution in [-0.2, 0) is 25.5 Å². The van der Waals surface area contributed by atoms with Crippen LogP contribution in [0.5, 0.6) is 0 Å². The van der Waals surface area contributed by atoms with E-state index in [2.05, 4.69) is 6.29 Å². The SMILES string of the molecule is C[C@@]([C-]=O)(COC1CCCCO1)C[C@H](C[B]C=O)Cc1ccc(-c2cc(Cl)ccc2F)cc1.[Li+].[OH-]. The largest absolute Gasteiger partial charge is 1.00 e. The monoisotopic (exact) mass is 494 g/mol. The first-order chi connectivity index (χ1) is 15.9. The summed E-state index contributed by atoms with van der Waals surface area (Å²) < 4.78 is 25.7. The van der Waals surface area contributed by atoms with Crippen LogP contribution >= 0.6 is 11.6 Å². The third kappa shape index (κ3) is 9.84. The Morgan fingerprint density at radius 3 is 2.66 bits per heavy atom. The van der Waals surface area contributed by atoms with E-state index in [-0.39, 0.29) is 49.0 Å². The first-order valence-corrected chi connectivity index (χ1v) is 11.7. The van der Waals surface area contributed by atoms with E-state index in [0.29, 0.717) is 36.4 Å². The maximum absolute atomic E-state index is 14.2. The van der Waals surface area contributed by atoms with Gasteiger partial charge >= 0.3 is 18.9 Å². The number of benzene rings is 2. The number of carbonyl (C=O) groups excluding carboxylic acids is 2. The molecule has 3 rings (SSSR count). The van der Waals surface area contributed by atoms with Gasteiger partial charge in [0.05, 0.1) is 6.19 Å². The van der Waals surface area contributed by atoms with Crippen LogP contribution in [0.4, 0.5) is 4.39 Å². The third-order valence-electron chi connectivity index (χ3n) is 5.99. The molecule has 0 saturated carbocycles. The summed E-state index contributed by atoms with van der Waals surface area (Å²) in [5.74, 6) is -0.281. The van der Waals surface area contributed by atoms with Gasteiger partial charge in [-0.1, -0.05) is 55.5 Å². The minimum Gasteiger partial charge on any atom is -0.870 e. The summed E-state index contributed by atoms with van der Waals surface area (Å²) in [6.07, 6.45) is 7.33. The maximum atomic E-state index is 14.2. The van der Waals surface area contributed by atoms with Crippen LogP contribution in [0, 0.1) is 17.2 Å². The topological polar surface area (TPSA) is 82.6 Å². The van der Waals surface area contributed by atoms with Gasteiger partial charge in [0, 0.05) is 23.8 Å². The summed E-state index contributed by atoms with van der Waals surface area (Å²) in [4.78, 5) is 22.8. The molecule has 1 heterocycles. The fourth-order valence-electron chi connectivity index (χ4n) is 4.25. The number of hydrogen-bond donors (Lipinski definition) is 0. The van der Waals surface area contributed by atoms with E-state index in [1.54, 1.807) is 13.3 Å². The van der Waals surface area contributed by atoms with Crippen molar-refractivity contribution in [3.63, 3.8) is 0 Å². The quantitative estimate of drug-likeness (QED) is 0.257. The molecule has 0 aliphatic carbocycles. The van der Waals surface area contributed by atoms with Gasteiger partial charge in [-0.2, -0.15) is 0 Å². The van der Waals surface area contributed by atoms with Crippen molar-refractivity contribution in [2.24, 2.45) is 11.3 Å². The van der Waals surface area contributed by atoms with Crippen LogP contribution in [0.1, 0.15) is 38.2 Å². The van der Waals surface area contributed by atoms with Crippen molar-refractivity contribution in [3.05, 3.63) is 58.9 Å². The predicted molar refractivity (Wildman–Crippen MR) is 131 cm³/mol. The van der Waals surface area contributed by atoms with Crippen molar-refractivity contribution >= 4 is 31.4 Å². The van der Waals surface area contributed by atoms with Crippen molar-refractivity contribution in [2.45, 2.75) is 51.6 Å². The van der Waals surface area contributed by atoms with Gasteiger partial charge in [-0.25, -0.2) is 4.39 Å². The Morgan fingerprint density at radius 2 is 2.03 bits per heavy atom. The zero-order valence-corrected chi connectivity index (χ0v) is 21.1. The number of rotatable bonds is 12. The zero-order valence-electron chi connectivity index (χ0n) is 20.3. The van der Waals surface area contributed by atoms with Crippen molar-refractivity contribution in [1.82, 2.24) is 0 Å². The van der Waals surface area contributed by atoms with Gasteiger partial charge in [0.1, 0.15) is 5.82 Å². The molecule has 3 atom stereocenters. The molecule has 1 aliphatic rings. The molecule has 1 fully saturated rings. The molecule has 0 bridgehead atoms. The second-order valence-electron chi connectivity index (χ2n) is 8.97. The van der Waals surface area contributed by atoms with Gasteiger partial charge in [-0.15, -0.1) is 5.41 Å². The Morgan fingerprint density at radius 1 is 1.29 bits per heavy atom. The summed E-state index contributed by atoms with van der Waals surface area (Å²) in [5, 5.41) is 0.477. The third-order valence-corrected chi connectivity index (χ3v) is 6.23. The van der Waals surface area contributed by atoms with Gasteiger partial charge in [0.15, 0.2) is 13.6 Å². The average molecular weight is 495 g/mol. The van der Waals surface area contributed by atoms with Crippen LogP contribution in [0.2, 0.25) is 11.3 Å². The predicted octanol–water partition coefficient (Wildman–Crippen LogP) is 2.49. The molecule has 5 nitrogen and oxygen atoms in total. The zero-order chi connectivity index (χ0) is 23.7. The van der Waals surface area contributed by atoms with E-state index in [9.17, 15) is 14.0 Å². The number of carbonyl (C=O) groups is 1. The van der Waals surface area contributed by atoms with Gasteiger partial charge in [-0.3, -0.25) is 6.29 Å². The first kappa shape index (κ1) is 31.6. The molecule has 9 heteroatoms. The van der Waals surface area contributed by atoms with Crippen LogP contribution in [-0.4, -0.2) is 44.7 Å². The van der Waals surface area contributed by atoms with E-state index < -0.39 is 5.41 Å². The van der Waals surface area contributed by atoms with Crippen LogP contribution in [0.15, 0.2) is 42.5 Å². The Labute approximate surface area is 224 Å². The minimum atomic E-state index is -0.800. The Balaban J connectivity index is 0.00000306. The summed E-state index contributed by atoms with van der Waals surface area (Å²) in [6.45, 7) is 2.74. The van der Waals surface area contributed by atoms with Gasteiger partial charge in [0.25, 0.3) is 0 Å². The summed E-state index contributed by atoms with van der Waals surface area (Å²) >= 11 is 6.02. The van der Waals surface area contributed by atoms with Gasteiger partial charge < -0.3 is 24.5 Å². The fraction of sp³-hybridized carbons (Fsp3) is 0.462. The molecule has 1 aliphatic heterocycles. The maximum Gasteiger partial charge on any atom is 1.00 e. The van der Waals surface area contributed by atoms with Crippen molar-refractivity contribution < 1.29 is 47.8 Å². The van der Waals surface area contributed by atoms with Crippen LogP contribution in [0.3, 0.4) is 0 Å². The first-order valence-electron chi connectivity index (χ1n) is 11.4. The van der Waals surface area contributed by atoms with E-state index in [1.165, 1.54) is 12.1 Å². The molecular weight excluding hydrogens is 464 g/mol. The van der Waals surface area contributed by atoms with Crippen molar-refractivity contribution in [3.8, 4) is 11.1 Å². The molecule has 1 unspecified atom stereocenters. The molecule has 1 saturated heterocycles. The normalized spacial score (nSPS) is 17.7. The van der Waals surface area contributed by atoms with E-state index in [1.807, 2.05) is 31.2 Å². The molecular formula is C26H30BClFLiO5-. The molecule has 2 aromatic rings. The van der Waals surface area contributed by atoms with E-state index in [0.717, 1.165) is 36.6 Å². The van der Waals surface area contributed by atoms with Crippen molar-refractivity contribution in [1.29, 1.82) is 0 Å². The number of ether oxygens (including phenoxy) is 2. The molecule has 0 amide bonds.